The van der Waals surface area contributed by atoms with Crippen molar-refractivity contribution in [2.75, 3.05) is 33.2 Å². The maximum absolute atomic E-state index is 6.19. The first-order chi connectivity index (χ1) is 6.44. The van der Waals surface area contributed by atoms with Gasteiger partial charge < -0.3 is 10.6 Å². The molecule has 1 heterocycles. The van der Waals surface area contributed by atoms with Crippen molar-refractivity contribution in [1.82, 2.24) is 9.80 Å². The van der Waals surface area contributed by atoms with Gasteiger partial charge in [-0.1, -0.05) is 6.92 Å². The molecule has 0 spiro atoms. The molecule has 0 saturated carbocycles. The normalized spacial score (nSPS) is 30.2. The molecule has 0 aromatic rings. The SMILES string of the molecule is CCC(C)(N)CN1CCN(C)CC1C. The van der Waals surface area contributed by atoms with Crippen LogP contribution in [0.1, 0.15) is 27.2 Å². The van der Waals surface area contributed by atoms with Crippen molar-refractivity contribution < 1.29 is 0 Å². The first-order valence-corrected chi connectivity index (χ1v) is 5.66. The van der Waals surface area contributed by atoms with E-state index in [4.69, 9.17) is 5.73 Å². The molecule has 14 heavy (non-hydrogen) atoms. The van der Waals surface area contributed by atoms with Gasteiger partial charge in [-0.05, 0) is 27.3 Å². The molecule has 84 valence electrons. The van der Waals surface area contributed by atoms with Gasteiger partial charge in [-0.15, -0.1) is 0 Å². The Balaban J connectivity index is 2.45. The van der Waals surface area contributed by atoms with Gasteiger partial charge in [0.2, 0.25) is 0 Å². The third-order valence-electron chi connectivity index (χ3n) is 3.34. The molecule has 1 fully saturated rings. The van der Waals surface area contributed by atoms with Gasteiger partial charge in [-0.25, -0.2) is 0 Å². The van der Waals surface area contributed by atoms with Gasteiger partial charge in [0.1, 0.15) is 0 Å². The van der Waals surface area contributed by atoms with Gasteiger partial charge in [0.25, 0.3) is 0 Å². The number of hydrogen-bond acceptors (Lipinski definition) is 3. The zero-order valence-corrected chi connectivity index (χ0v) is 10.1. The summed E-state index contributed by atoms with van der Waals surface area (Å²) in [6.07, 6.45) is 1.05. The largest absolute Gasteiger partial charge is 0.324 e. The number of piperazine rings is 1. The van der Waals surface area contributed by atoms with Crippen molar-refractivity contribution in [3.05, 3.63) is 0 Å². The Labute approximate surface area is 88.2 Å². The third kappa shape index (κ3) is 3.23. The zero-order valence-electron chi connectivity index (χ0n) is 10.1. The van der Waals surface area contributed by atoms with Crippen LogP contribution in [-0.4, -0.2) is 54.6 Å². The summed E-state index contributed by atoms with van der Waals surface area (Å²) < 4.78 is 0. The molecule has 1 aliphatic heterocycles. The lowest BCUT2D eigenvalue weighted by Gasteiger charge is -2.41. The molecule has 0 aromatic heterocycles. The van der Waals surface area contributed by atoms with Crippen molar-refractivity contribution in [2.45, 2.75) is 38.8 Å². The molecular formula is C11H25N3. The molecule has 0 aromatic carbocycles. The van der Waals surface area contributed by atoms with Crippen LogP contribution in [0.3, 0.4) is 0 Å². The fourth-order valence-corrected chi connectivity index (χ4v) is 1.99. The topological polar surface area (TPSA) is 32.5 Å². The highest BCUT2D eigenvalue weighted by molar-refractivity contribution is 4.86. The fourth-order valence-electron chi connectivity index (χ4n) is 1.99. The minimum Gasteiger partial charge on any atom is -0.324 e. The molecule has 0 amide bonds. The molecule has 0 aliphatic carbocycles. The summed E-state index contributed by atoms with van der Waals surface area (Å²) in [7, 11) is 2.19. The second-order valence-corrected chi connectivity index (χ2v) is 5.09. The Hall–Kier alpha value is -0.120. The monoisotopic (exact) mass is 199 g/mol. The van der Waals surface area contributed by atoms with E-state index in [1.807, 2.05) is 0 Å². The standard InChI is InChI=1S/C11H25N3/c1-5-11(3,12)9-14-7-6-13(4)8-10(14)2/h10H,5-9,12H2,1-4H3. The van der Waals surface area contributed by atoms with Crippen LogP contribution in [0.5, 0.6) is 0 Å². The molecule has 2 atom stereocenters. The molecule has 1 aliphatic rings. The number of rotatable bonds is 3. The van der Waals surface area contributed by atoms with Crippen LogP contribution < -0.4 is 5.73 Å². The number of likely N-dealkylation sites (N-methyl/N-ethyl adjacent to an activating group) is 1. The van der Waals surface area contributed by atoms with Crippen LogP contribution >= 0.6 is 0 Å². The van der Waals surface area contributed by atoms with E-state index in [1.54, 1.807) is 0 Å². The Morgan fingerprint density at radius 1 is 1.43 bits per heavy atom. The average molecular weight is 199 g/mol. The summed E-state index contributed by atoms with van der Waals surface area (Å²) in [5.41, 5.74) is 6.16. The highest BCUT2D eigenvalue weighted by atomic mass is 15.3. The van der Waals surface area contributed by atoms with Crippen molar-refractivity contribution in [1.29, 1.82) is 0 Å². The van der Waals surface area contributed by atoms with E-state index in [1.165, 1.54) is 13.1 Å². The molecule has 2 N–H and O–H groups in total. The van der Waals surface area contributed by atoms with Crippen LogP contribution in [0.15, 0.2) is 0 Å². The van der Waals surface area contributed by atoms with Gasteiger partial charge in [-0.3, -0.25) is 4.90 Å². The minimum absolute atomic E-state index is 0.0236. The van der Waals surface area contributed by atoms with Crippen LogP contribution in [0, 0.1) is 0 Å². The highest BCUT2D eigenvalue weighted by Gasteiger charge is 2.26. The van der Waals surface area contributed by atoms with E-state index in [-0.39, 0.29) is 5.54 Å². The number of nitrogens with two attached hydrogens (primary N) is 1. The third-order valence-corrected chi connectivity index (χ3v) is 3.34. The van der Waals surface area contributed by atoms with Gasteiger partial charge in [0, 0.05) is 37.8 Å². The Kier molecular flexibility index (Phi) is 3.93. The van der Waals surface area contributed by atoms with Crippen molar-refractivity contribution in [2.24, 2.45) is 5.73 Å². The molecule has 0 bridgehead atoms. The second kappa shape index (κ2) is 4.60. The van der Waals surface area contributed by atoms with Gasteiger partial charge in [-0.2, -0.15) is 0 Å². The van der Waals surface area contributed by atoms with Crippen molar-refractivity contribution in [3.63, 3.8) is 0 Å². The van der Waals surface area contributed by atoms with Gasteiger partial charge in [0.05, 0.1) is 0 Å². The minimum atomic E-state index is -0.0236. The summed E-state index contributed by atoms with van der Waals surface area (Å²) in [5, 5.41) is 0. The maximum atomic E-state index is 6.19. The van der Waals surface area contributed by atoms with E-state index >= 15 is 0 Å². The Morgan fingerprint density at radius 3 is 2.57 bits per heavy atom. The average Bonchev–Trinajstić information content (AvgIpc) is 2.10. The Bertz CT molecular complexity index is 179. The molecule has 0 radical (unpaired) electrons. The predicted molar refractivity (Wildman–Crippen MR) is 61.4 cm³/mol. The first kappa shape index (κ1) is 12.0. The predicted octanol–water partition coefficient (Wildman–Crippen LogP) is 0.750. The van der Waals surface area contributed by atoms with E-state index in [0.717, 1.165) is 19.5 Å². The lowest BCUT2D eigenvalue weighted by molar-refractivity contribution is 0.0800. The summed E-state index contributed by atoms with van der Waals surface area (Å²) in [5.74, 6) is 0. The van der Waals surface area contributed by atoms with Crippen molar-refractivity contribution >= 4 is 0 Å². The van der Waals surface area contributed by atoms with Gasteiger partial charge in [0.15, 0.2) is 0 Å². The summed E-state index contributed by atoms with van der Waals surface area (Å²) >= 11 is 0. The Morgan fingerprint density at radius 2 is 2.07 bits per heavy atom. The summed E-state index contributed by atoms with van der Waals surface area (Å²) in [4.78, 5) is 4.91. The van der Waals surface area contributed by atoms with E-state index in [0.29, 0.717) is 6.04 Å². The molecular weight excluding hydrogens is 174 g/mol. The lowest BCUT2D eigenvalue weighted by atomic mass is 9.98. The molecule has 2 unspecified atom stereocenters. The highest BCUT2D eigenvalue weighted by Crippen LogP contribution is 2.13. The summed E-state index contributed by atoms with van der Waals surface area (Å²) in [6.45, 7) is 11.1. The molecule has 3 nitrogen and oxygen atoms in total. The quantitative estimate of drug-likeness (QED) is 0.728. The van der Waals surface area contributed by atoms with Crippen LogP contribution in [0.25, 0.3) is 0 Å². The van der Waals surface area contributed by atoms with E-state index in [9.17, 15) is 0 Å². The van der Waals surface area contributed by atoms with Crippen LogP contribution in [-0.2, 0) is 0 Å². The fraction of sp³-hybridized carbons (Fsp3) is 1.00. The van der Waals surface area contributed by atoms with Crippen LogP contribution in [0.4, 0.5) is 0 Å². The molecule has 3 heteroatoms. The van der Waals surface area contributed by atoms with Gasteiger partial charge >= 0.3 is 0 Å². The smallest absolute Gasteiger partial charge is 0.0252 e. The zero-order chi connectivity index (χ0) is 10.8. The number of hydrogen-bond donors (Lipinski definition) is 1. The molecule has 1 saturated heterocycles. The van der Waals surface area contributed by atoms with E-state index < -0.39 is 0 Å². The van der Waals surface area contributed by atoms with Crippen molar-refractivity contribution in [3.8, 4) is 0 Å². The first-order valence-electron chi connectivity index (χ1n) is 5.66. The summed E-state index contributed by atoms with van der Waals surface area (Å²) in [6, 6.07) is 0.642. The second-order valence-electron chi connectivity index (χ2n) is 5.09. The van der Waals surface area contributed by atoms with E-state index in [2.05, 4.69) is 37.6 Å². The molecule has 1 rings (SSSR count). The lowest BCUT2D eigenvalue weighted by Crippen LogP contribution is -2.56. The van der Waals surface area contributed by atoms with Crippen LogP contribution in [0.2, 0.25) is 0 Å². The number of nitrogens with zero attached hydrogens (tertiary/aromatic N) is 2. The maximum Gasteiger partial charge on any atom is 0.0252 e.